The van der Waals surface area contributed by atoms with Crippen molar-refractivity contribution in [1.82, 2.24) is 9.88 Å². The van der Waals surface area contributed by atoms with Crippen LogP contribution in [0.2, 0.25) is 0 Å². The minimum Gasteiger partial charge on any atom is -0.481 e. The molecule has 0 radical (unpaired) electrons. The average molecular weight is 386 g/mol. The zero-order chi connectivity index (χ0) is 19.5. The van der Waals surface area contributed by atoms with Crippen LogP contribution in [-0.4, -0.2) is 39.5 Å². The number of aliphatic carboxylic acids is 1. The second kappa shape index (κ2) is 7.86. The largest absolute Gasteiger partial charge is 0.481 e. The van der Waals surface area contributed by atoms with Gasteiger partial charge in [0.25, 0.3) is 5.91 Å². The van der Waals surface area contributed by atoms with E-state index in [9.17, 15) is 22.8 Å². The third-order valence-corrected chi connectivity index (χ3v) is 4.50. The van der Waals surface area contributed by atoms with Gasteiger partial charge in [-0.15, -0.1) is 11.3 Å². The second-order valence-electron chi connectivity index (χ2n) is 5.85. The fourth-order valence-corrected chi connectivity index (χ4v) is 3.08. The molecule has 26 heavy (non-hydrogen) atoms. The molecular formula is C17H17F3N2O3S. The third-order valence-electron chi connectivity index (χ3n) is 3.61. The first-order valence-corrected chi connectivity index (χ1v) is 8.63. The van der Waals surface area contributed by atoms with Crippen LogP contribution in [0, 0.1) is 0 Å². The van der Waals surface area contributed by atoms with Gasteiger partial charge in [-0.25, -0.2) is 4.98 Å². The summed E-state index contributed by atoms with van der Waals surface area (Å²) in [6.07, 6.45) is -4.66. The van der Waals surface area contributed by atoms with Crippen molar-refractivity contribution in [3.8, 4) is 10.6 Å². The first kappa shape index (κ1) is 19.9. The summed E-state index contributed by atoms with van der Waals surface area (Å²) >= 11 is 1.06. The summed E-state index contributed by atoms with van der Waals surface area (Å²) in [5, 5.41) is 10.6. The Bertz CT molecular complexity index is 803. The molecule has 2 rings (SSSR count). The first-order chi connectivity index (χ1) is 12.1. The Morgan fingerprint density at radius 3 is 2.58 bits per heavy atom. The molecule has 1 amide bonds. The van der Waals surface area contributed by atoms with Crippen LogP contribution in [0.5, 0.6) is 0 Å². The molecule has 0 unspecified atom stereocenters. The molecular weight excluding hydrogens is 369 g/mol. The number of carboxylic acid groups (broad SMARTS) is 1. The van der Waals surface area contributed by atoms with Crippen molar-refractivity contribution >= 4 is 23.2 Å². The van der Waals surface area contributed by atoms with Crippen molar-refractivity contribution in [3.63, 3.8) is 0 Å². The number of carbonyl (C=O) groups is 2. The van der Waals surface area contributed by atoms with E-state index in [0.29, 0.717) is 5.01 Å². The SMILES string of the molecule is CC(C)N(CCC(=O)O)C(=O)c1csc(-c2cccc(C(F)(F)F)c2)n1. The molecule has 5 nitrogen and oxygen atoms in total. The Balaban J connectivity index is 2.25. The number of carboxylic acids is 1. The minimum atomic E-state index is -4.46. The van der Waals surface area contributed by atoms with Gasteiger partial charge in [-0.05, 0) is 26.0 Å². The van der Waals surface area contributed by atoms with Crippen LogP contribution in [0.25, 0.3) is 10.6 Å². The maximum Gasteiger partial charge on any atom is 0.416 e. The van der Waals surface area contributed by atoms with Crippen molar-refractivity contribution in [2.75, 3.05) is 6.54 Å². The van der Waals surface area contributed by atoms with Gasteiger partial charge in [0.05, 0.1) is 12.0 Å². The average Bonchev–Trinajstić information content (AvgIpc) is 3.03. The molecule has 0 atom stereocenters. The van der Waals surface area contributed by atoms with E-state index < -0.39 is 23.6 Å². The number of carbonyl (C=O) groups excluding carboxylic acids is 1. The Morgan fingerprint density at radius 1 is 1.31 bits per heavy atom. The van der Waals surface area contributed by atoms with E-state index in [1.807, 2.05) is 0 Å². The van der Waals surface area contributed by atoms with Crippen molar-refractivity contribution in [2.24, 2.45) is 0 Å². The maximum absolute atomic E-state index is 12.8. The topological polar surface area (TPSA) is 70.5 Å². The Hall–Kier alpha value is -2.42. The van der Waals surface area contributed by atoms with E-state index in [1.54, 1.807) is 13.8 Å². The third kappa shape index (κ3) is 4.81. The van der Waals surface area contributed by atoms with Crippen molar-refractivity contribution in [1.29, 1.82) is 0 Å². The molecule has 140 valence electrons. The fourth-order valence-electron chi connectivity index (χ4n) is 2.29. The standard InChI is InChI=1S/C17H17F3N2O3S/c1-10(2)22(7-6-14(23)24)16(25)13-9-26-15(21-13)11-4-3-5-12(8-11)17(18,19)20/h3-5,8-10H,6-7H2,1-2H3,(H,23,24). The van der Waals surface area contributed by atoms with Gasteiger partial charge in [-0.2, -0.15) is 13.2 Å². The van der Waals surface area contributed by atoms with Gasteiger partial charge in [0.2, 0.25) is 0 Å². The van der Waals surface area contributed by atoms with Gasteiger partial charge in [-0.3, -0.25) is 9.59 Å². The molecule has 1 N–H and O–H groups in total. The van der Waals surface area contributed by atoms with E-state index in [0.717, 1.165) is 23.5 Å². The first-order valence-electron chi connectivity index (χ1n) is 7.75. The monoisotopic (exact) mass is 386 g/mol. The van der Waals surface area contributed by atoms with E-state index >= 15 is 0 Å². The smallest absolute Gasteiger partial charge is 0.416 e. The lowest BCUT2D eigenvalue weighted by Crippen LogP contribution is -2.38. The molecule has 2 aromatic rings. The van der Waals surface area contributed by atoms with Crippen LogP contribution in [0.1, 0.15) is 36.3 Å². The zero-order valence-corrected chi connectivity index (χ0v) is 14.9. The van der Waals surface area contributed by atoms with Gasteiger partial charge in [0.1, 0.15) is 10.7 Å². The molecule has 0 saturated carbocycles. The number of amides is 1. The molecule has 0 aliphatic rings. The number of benzene rings is 1. The number of thiazole rings is 1. The number of halogens is 3. The second-order valence-corrected chi connectivity index (χ2v) is 6.71. The number of aromatic nitrogens is 1. The van der Waals surface area contributed by atoms with Crippen LogP contribution >= 0.6 is 11.3 Å². The Morgan fingerprint density at radius 2 is 2.00 bits per heavy atom. The highest BCUT2D eigenvalue weighted by atomic mass is 32.1. The molecule has 0 saturated heterocycles. The molecule has 9 heteroatoms. The van der Waals surface area contributed by atoms with Crippen molar-refractivity contribution in [2.45, 2.75) is 32.5 Å². The fraction of sp³-hybridized carbons (Fsp3) is 0.353. The lowest BCUT2D eigenvalue weighted by atomic mass is 10.1. The predicted octanol–water partition coefficient (Wildman–Crippen LogP) is 4.15. The summed E-state index contributed by atoms with van der Waals surface area (Å²) in [6.45, 7) is 3.53. The predicted molar refractivity (Wildman–Crippen MR) is 91.0 cm³/mol. The number of hydrogen-bond acceptors (Lipinski definition) is 4. The number of rotatable bonds is 6. The van der Waals surface area contributed by atoms with Gasteiger partial charge in [0, 0.05) is 23.5 Å². The van der Waals surface area contributed by atoms with Gasteiger partial charge >= 0.3 is 12.1 Å². The van der Waals surface area contributed by atoms with E-state index in [4.69, 9.17) is 5.11 Å². The number of hydrogen-bond donors (Lipinski definition) is 1. The highest BCUT2D eigenvalue weighted by Crippen LogP contribution is 2.33. The van der Waals surface area contributed by atoms with Gasteiger partial charge in [0.15, 0.2) is 0 Å². The summed E-state index contributed by atoms with van der Waals surface area (Å²) in [5.41, 5.74) is -0.435. The molecule has 1 aromatic carbocycles. The van der Waals surface area contributed by atoms with Gasteiger partial charge in [-0.1, -0.05) is 12.1 Å². The summed E-state index contributed by atoms with van der Waals surface area (Å²) < 4.78 is 38.5. The molecule has 1 aromatic heterocycles. The van der Waals surface area contributed by atoms with E-state index in [1.165, 1.54) is 22.4 Å². The quantitative estimate of drug-likeness (QED) is 0.810. The highest BCUT2D eigenvalue weighted by molar-refractivity contribution is 7.13. The van der Waals surface area contributed by atoms with Crippen LogP contribution in [0.3, 0.4) is 0 Å². The van der Waals surface area contributed by atoms with Crippen LogP contribution in [-0.2, 0) is 11.0 Å². The molecule has 0 aliphatic carbocycles. The highest BCUT2D eigenvalue weighted by Gasteiger charge is 2.30. The van der Waals surface area contributed by atoms with Crippen LogP contribution in [0.15, 0.2) is 29.6 Å². The van der Waals surface area contributed by atoms with Crippen molar-refractivity contribution < 1.29 is 27.9 Å². The summed E-state index contributed by atoms with van der Waals surface area (Å²) in [4.78, 5) is 28.8. The molecule has 0 bridgehead atoms. The Kier molecular flexibility index (Phi) is 6.01. The van der Waals surface area contributed by atoms with Crippen LogP contribution < -0.4 is 0 Å². The van der Waals surface area contributed by atoms with E-state index in [-0.39, 0.29) is 30.3 Å². The lowest BCUT2D eigenvalue weighted by molar-refractivity contribution is -0.138. The molecule has 0 spiro atoms. The normalized spacial score (nSPS) is 11.6. The summed E-state index contributed by atoms with van der Waals surface area (Å²) in [5.74, 6) is -1.47. The number of alkyl halides is 3. The maximum atomic E-state index is 12.8. The van der Waals surface area contributed by atoms with Gasteiger partial charge < -0.3 is 10.0 Å². The van der Waals surface area contributed by atoms with Crippen LogP contribution in [0.4, 0.5) is 13.2 Å². The van der Waals surface area contributed by atoms with Crippen molar-refractivity contribution in [3.05, 3.63) is 40.9 Å². The molecule has 0 fully saturated rings. The minimum absolute atomic E-state index is 0.0300. The summed E-state index contributed by atoms with van der Waals surface area (Å²) in [7, 11) is 0. The Labute approximate surface area is 152 Å². The van der Waals surface area contributed by atoms with E-state index in [2.05, 4.69) is 4.98 Å². The molecule has 1 heterocycles. The molecule has 0 aliphatic heterocycles. The number of nitrogens with zero attached hydrogens (tertiary/aromatic N) is 2. The zero-order valence-electron chi connectivity index (χ0n) is 14.1. The summed E-state index contributed by atoms with van der Waals surface area (Å²) in [6, 6.07) is 4.50. The lowest BCUT2D eigenvalue weighted by Gasteiger charge is -2.25.